The van der Waals surface area contributed by atoms with E-state index < -0.39 is 0 Å². The van der Waals surface area contributed by atoms with Crippen molar-refractivity contribution in [1.29, 1.82) is 5.26 Å². The number of tetrazole rings is 1. The lowest BCUT2D eigenvalue weighted by molar-refractivity contribution is -0.118. The number of nitrogens with zero attached hydrogens (tertiary/aromatic N) is 7. The molecule has 2 aromatic carbocycles. The van der Waals surface area contributed by atoms with E-state index in [-0.39, 0.29) is 11.7 Å². The van der Waals surface area contributed by atoms with Crippen molar-refractivity contribution in [1.82, 2.24) is 30.2 Å². The minimum absolute atomic E-state index is 0.136. The SMILES string of the molecule is Cn1nnnc1SCC(=O)N/N=c1/scc(-c2ccc(C#N)cc2)n1-c1ccccc1. The molecule has 154 valence electrons. The second-order valence-corrected chi connectivity index (χ2v) is 8.06. The van der Waals surface area contributed by atoms with Gasteiger partial charge in [-0.3, -0.25) is 9.36 Å². The van der Waals surface area contributed by atoms with E-state index in [1.807, 2.05) is 52.4 Å². The number of nitrogens with one attached hydrogen (secondary N) is 1. The maximum Gasteiger partial charge on any atom is 0.250 e. The van der Waals surface area contributed by atoms with Crippen LogP contribution in [0.25, 0.3) is 16.9 Å². The number of carbonyl (C=O) groups is 1. The van der Waals surface area contributed by atoms with Gasteiger partial charge in [0.2, 0.25) is 9.96 Å². The Kier molecular flexibility index (Phi) is 6.21. The van der Waals surface area contributed by atoms with E-state index in [0.717, 1.165) is 16.9 Å². The third-order valence-electron chi connectivity index (χ3n) is 4.22. The average Bonchev–Trinajstić information content (AvgIpc) is 3.42. The van der Waals surface area contributed by atoms with E-state index in [2.05, 4.69) is 32.1 Å². The molecule has 11 heteroatoms. The standard InChI is InChI=1S/C20H16N8OS2/c1-27-19(24-25-26-27)31-13-18(29)22-23-20-28(16-5-3-2-4-6-16)17(12-30-20)15-9-7-14(11-21)8-10-15/h2-10,12H,13H2,1H3,(H,22,29)/b23-20+. The third-order valence-corrected chi connectivity index (χ3v) is 6.06. The molecule has 0 aliphatic rings. The summed E-state index contributed by atoms with van der Waals surface area (Å²) in [5.41, 5.74) is 5.97. The Bertz CT molecular complexity index is 1300. The summed E-state index contributed by atoms with van der Waals surface area (Å²) in [4.78, 5) is 12.9. The number of benzene rings is 2. The van der Waals surface area contributed by atoms with Crippen LogP contribution in [0.3, 0.4) is 0 Å². The van der Waals surface area contributed by atoms with Gasteiger partial charge in [-0.1, -0.05) is 42.1 Å². The zero-order valence-electron chi connectivity index (χ0n) is 16.3. The minimum Gasteiger partial charge on any atom is -0.284 e. The van der Waals surface area contributed by atoms with Crippen LogP contribution in [0.15, 0.2) is 70.2 Å². The summed E-state index contributed by atoms with van der Waals surface area (Å²) >= 11 is 2.64. The van der Waals surface area contributed by atoms with E-state index in [4.69, 9.17) is 5.26 Å². The van der Waals surface area contributed by atoms with E-state index >= 15 is 0 Å². The molecule has 0 fully saturated rings. The third kappa shape index (κ3) is 4.71. The van der Waals surface area contributed by atoms with Gasteiger partial charge in [0, 0.05) is 18.1 Å². The first-order valence-electron chi connectivity index (χ1n) is 9.10. The molecule has 0 saturated carbocycles. The molecule has 2 heterocycles. The largest absolute Gasteiger partial charge is 0.284 e. The zero-order chi connectivity index (χ0) is 21.6. The summed E-state index contributed by atoms with van der Waals surface area (Å²) < 4.78 is 3.47. The van der Waals surface area contributed by atoms with Gasteiger partial charge in [0.1, 0.15) is 0 Å². The van der Waals surface area contributed by atoms with Crippen molar-refractivity contribution in [3.05, 3.63) is 70.3 Å². The van der Waals surface area contributed by atoms with Crippen molar-refractivity contribution >= 4 is 29.0 Å². The van der Waals surface area contributed by atoms with Crippen LogP contribution in [0.1, 0.15) is 5.56 Å². The first-order valence-corrected chi connectivity index (χ1v) is 11.0. The van der Waals surface area contributed by atoms with Gasteiger partial charge < -0.3 is 0 Å². The predicted octanol–water partition coefficient (Wildman–Crippen LogP) is 2.33. The summed E-state index contributed by atoms with van der Waals surface area (Å²) in [6.45, 7) is 0. The van der Waals surface area contributed by atoms with E-state index in [0.29, 0.717) is 15.5 Å². The molecule has 1 amide bonds. The fourth-order valence-electron chi connectivity index (χ4n) is 2.75. The van der Waals surface area contributed by atoms with Crippen LogP contribution in [0.5, 0.6) is 0 Å². The number of thiazole rings is 1. The summed E-state index contributed by atoms with van der Waals surface area (Å²) in [6.07, 6.45) is 0. The van der Waals surface area contributed by atoms with Gasteiger partial charge in [0.25, 0.3) is 5.91 Å². The fraction of sp³-hybridized carbons (Fsp3) is 0.100. The topological polar surface area (TPSA) is 114 Å². The van der Waals surface area contributed by atoms with Crippen LogP contribution in [0, 0.1) is 11.3 Å². The lowest BCUT2D eigenvalue weighted by atomic mass is 10.1. The maximum atomic E-state index is 12.3. The number of carbonyl (C=O) groups excluding carboxylic acids is 1. The van der Waals surface area contributed by atoms with Crippen molar-refractivity contribution in [3.8, 4) is 23.0 Å². The number of aromatic nitrogens is 5. The van der Waals surface area contributed by atoms with Gasteiger partial charge >= 0.3 is 0 Å². The molecule has 0 bridgehead atoms. The first kappa shape index (κ1) is 20.5. The van der Waals surface area contributed by atoms with Crippen LogP contribution in [0.4, 0.5) is 0 Å². The van der Waals surface area contributed by atoms with Crippen LogP contribution in [-0.2, 0) is 11.8 Å². The van der Waals surface area contributed by atoms with Crippen molar-refractivity contribution < 1.29 is 4.79 Å². The molecule has 0 aliphatic heterocycles. The number of amides is 1. The van der Waals surface area contributed by atoms with Gasteiger partial charge in [-0.25, -0.2) is 10.1 Å². The highest BCUT2D eigenvalue weighted by Crippen LogP contribution is 2.23. The molecule has 0 aliphatic carbocycles. The summed E-state index contributed by atoms with van der Waals surface area (Å²) in [5.74, 6) is -0.127. The smallest absolute Gasteiger partial charge is 0.250 e. The van der Waals surface area contributed by atoms with Crippen molar-refractivity contribution in [3.63, 3.8) is 0 Å². The van der Waals surface area contributed by atoms with Crippen molar-refractivity contribution in [2.24, 2.45) is 12.1 Å². The highest BCUT2D eigenvalue weighted by atomic mass is 32.2. The quantitative estimate of drug-likeness (QED) is 0.358. The number of thioether (sulfide) groups is 1. The maximum absolute atomic E-state index is 12.3. The summed E-state index contributed by atoms with van der Waals surface area (Å²) in [5, 5.41) is 27.0. The van der Waals surface area contributed by atoms with Crippen LogP contribution < -0.4 is 10.2 Å². The second-order valence-electron chi connectivity index (χ2n) is 6.28. The van der Waals surface area contributed by atoms with Gasteiger partial charge in [0.15, 0.2) is 0 Å². The molecule has 0 atom stereocenters. The molecule has 9 nitrogen and oxygen atoms in total. The highest BCUT2D eigenvalue weighted by molar-refractivity contribution is 7.99. The number of rotatable bonds is 6. The van der Waals surface area contributed by atoms with Gasteiger partial charge in [0.05, 0.1) is 23.1 Å². The van der Waals surface area contributed by atoms with Crippen LogP contribution >= 0.6 is 23.1 Å². The molecule has 4 aromatic rings. The number of hydrogen-bond acceptors (Lipinski definition) is 8. The molecule has 0 saturated heterocycles. The molecule has 2 aromatic heterocycles. The Labute approximate surface area is 185 Å². The van der Waals surface area contributed by atoms with E-state index in [9.17, 15) is 4.79 Å². The van der Waals surface area contributed by atoms with Gasteiger partial charge in [-0.2, -0.15) is 5.26 Å². The molecule has 0 unspecified atom stereocenters. The highest BCUT2D eigenvalue weighted by Gasteiger charge is 2.11. The minimum atomic E-state index is -0.263. The molecule has 1 N–H and O–H groups in total. The van der Waals surface area contributed by atoms with Crippen LogP contribution in [-0.4, -0.2) is 36.4 Å². The number of aryl methyl sites for hydroxylation is 1. The Morgan fingerprint density at radius 2 is 2.00 bits per heavy atom. The lowest BCUT2D eigenvalue weighted by Crippen LogP contribution is -2.25. The Balaban J connectivity index is 1.62. The Morgan fingerprint density at radius 1 is 1.23 bits per heavy atom. The predicted molar refractivity (Wildman–Crippen MR) is 117 cm³/mol. The number of para-hydroxylation sites is 1. The second kappa shape index (κ2) is 9.38. The molecule has 31 heavy (non-hydrogen) atoms. The molecule has 0 spiro atoms. The van der Waals surface area contributed by atoms with E-state index in [1.165, 1.54) is 27.8 Å². The molecule has 4 rings (SSSR count). The molecule has 0 radical (unpaired) electrons. The van der Waals surface area contributed by atoms with E-state index in [1.54, 1.807) is 19.2 Å². The van der Waals surface area contributed by atoms with Gasteiger partial charge in [-0.15, -0.1) is 21.5 Å². The number of hydrogen-bond donors (Lipinski definition) is 1. The normalized spacial score (nSPS) is 11.3. The van der Waals surface area contributed by atoms with Crippen molar-refractivity contribution in [2.75, 3.05) is 5.75 Å². The van der Waals surface area contributed by atoms with Crippen molar-refractivity contribution in [2.45, 2.75) is 5.16 Å². The molecular weight excluding hydrogens is 432 g/mol. The van der Waals surface area contributed by atoms with Crippen LogP contribution in [0.2, 0.25) is 0 Å². The number of nitriles is 1. The summed E-state index contributed by atoms with van der Waals surface area (Å²) in [6, 6.07) is 19.2. The first-order chi connectivity index (χ1) is 15.2. The fourth-order valence-corrected chi connectivity index (χ4v) is 4.26. The Hall–Kier alpha value is -3.75. The Morgan fingerprint density at radius 3 is 2.68 bits per heavy atom. The molecular formula is C20H16N8OS2. The summed E-state index contributed by atoms with van der Waals surface area (Å²) in [7, 11) is 1.71. The monoisotopic (exact) mass is 448 g/mol. The lowest BCUT2D eigenvalue weighted by Gasteiger charge is -2.09. The zero-order valence-corrected chi connectivity index (χ0v) is 18.0. The van der Waals surface area contributed by atoms with Gasteiger partial charge in [-0.05, 0) is 40.3 Å². The average molecular weight is 449 g/mol.